The molecule has 0 fully saturated rings. The number of esters is 1. The molecule has 3 rings (SSSR count). The third-order valence-electron chi connectivity index (χ3n) is 5.08. The highest BCUT2D eigenvalue weighted by atomic mass is 16.6. The number of nitrogens with zero attached hydrogens (tertiary/aromatic N) is 3. The van der Waals surface area contributed by atoms with E-state index in [1.54, 1.807) is 38.1 Å². The second kappa shape index (κ2) is 10.5. The number of aromatic nitrogens is 2. The minimum atomic E-state index is -0.766. The molecule has 3 aromatic rings. The normalized spacial score (nSPS) is 10.4. The molecular formula is C23H24N4O8. The van der Waals surface area contributed by atoms with Crippen molar-refractivity contribution in [2.24, 2.45) is 0 Å². The molecule has 0 saturated carbocycles. The SMILES string of the molecule is CCOC(=O)c1cnn(-c2cccc(NC(=O)c3cc(OC)c(OC)c(OC)c3[N+](=O)[O-])c2)c1C. The van der Waals surface area contributed by atoms with Crippen LogP contribution in [0.25, 0.3) is 5.69 Å². The summed E-state index contributed by atoms with van der Waals surface area (Å²) < 4.78 is 22.1. The lowest BCUT2D eigenvalue weighted by Gasteiger charge is -2.15. The molecular weight excluding hydrogens is 460 g/mol. The fraction of sp³-hybridized carbons (Fsp3) is 0.261. The van der Waals surface area contributed by atoms with E-state index < -0.39 is 22.5 Å². The third kappa shape index (κ3) is 4.86. The molecule has 0 aliphatic rings. The quantitative estimate of drug-likeness (QED) is 0.274. The van der Waals surface area contributed by atoms with Crippen LogP contribution in [0.5, 0.6) is 17.2 Å². The second-order valence-electron chi connectivity index (χ2n) is 7.08. The molecule has 0 radical (unpaired) electrons. The van der Waals surface area contributed by atoms with Gasteiger partial charge in [0.05, 0.1) is 50.4 Å². The van der Waals surface area contributed by atoms with Crippen molar-refractivity contribution < 1.29 is 33.5 Å². The highest BCUT2D eigenvalue weighted by Crippen LogP contribution is 2.46. The highest BCUT2D eigenvalue weighted by molar-refractivity contribution is 6.08. The molecule has 0 atom stereocenters. The van der Waals surface area contributed by atoms with Crippen molar-refractivity contribution in [2.45, 2.75) is 13.8 Å². The molecule has 12 nitrogen and oxygen atoms in total. The Balaban J connectivity index is 1.99. The van der Waals surface area contributed by atoms with E-state index in [4.69, 9.17) is 18.9 Å². The maximum atomic E-state index is 13.1. The highest BCUT2D eigenvalue weighted by Gasteiger charge is 2.32. The predicted octanol–water partition coefficient (Wildman–Crippen LogP) is 3.54. The van der Waals surface area contributed by atoms with Gasteiger partial charge in [-0.05, 0) is 32.0 Å². The summed E-state index contributed by atoms with van der Waals surface area (Å²) in [4.78, 5) is 36.3. The standard InChI is InChI=1S/C23H24N4O8/c1-6-35-23(29)17-12-24-26(13(17)2)15-9-7-8-14(10-15)25-22(28)16-11-18(32-3)20(33-4)21(34-5)19(16)27(30)31/h7-12H,6H2,1-5H3,(H,25,28). The van der Waals surface area contributed by atoms with Gasteiger partial charge >= 0.3 is 11.7 Å². The lowest BCUT2D eigenvalue weighted by molar-refractivity contribution is -0.386. The van der Waals surface area contributed by atoms with Crippen LogP contribution in [0.3, 0.4) is 0 Å². The average Bonchev–Trinajstić information content (AvgIpc) is 3.23. The van der Waals surface area contributed by atoms with Crippen molar-refractivity contribution >= 4 is 23.3 Å². The summed E-state index contributed by atoms with van der Waals surface area (Å²) in [6.45, 7) is 3.66. The van der Waals surface area contributed by atoms with Gasteiger partial charge in [0, 0.05) is 11.8 Å². The smallest absolute Gasteiger partial charge is 0.341 e. The molecule has 1 N–H and O–H groups in total. The van der Waals surface area contributed by atoms with Crippen LogP contribution in [0.4, 0.5) is 11.4 Å². The van der Waals surface area contributed by atoms with Gasteiger partial charge in [-0.2, -0.15) is 5.10 Å². The van der Waals surface area contributed by atoms with Gasteiger partial charge in [0.1, 0.15) is 11.1 Å². The first kappa shape index (κ1) is 25.0. The van der Waals surface area contributed by atoms with E-state index in [-0.39, 0.29) is 29.4 Å². The van der Waals surface area contributed by atoms with Crippen LogP contribution in [0.1, 0.15) is 33.3 Å². The number of anilines is 1. The van der Waals surface area contributed by atoms with E-state index in [0.29, 0.717) is 22.6 Å². The first-order chi connectivity index (χ1) is 16.8. The zero-order valence-corrected chi connectivity index (χ0v) is 19.8. The molecule has 0 bridgehead atoms. The summed E-state index contributed by atoms with van der Waals surface area (Å²) in [5.41, 5.74) is 0.899. The lowest BCUT2D eigenvalue weighted by Crippen LogP contribution is -2.15. The van der Waals surface area contributed by atoms with Gasteiger partial charge in [0.2, 0.25) is 11.5 Å². The Bertz CT molecular complexity index is 1280. The largest absolute Gasteiger partial charge is 0.493 e. The van der Waals surface area contributed by atoms with Crippen LogP contribution in [0, 0.1) is 17.0 Å². The minimum Gasteiger partial charge on any atom is -0.493 e. The van der Waals surface area contributed by atoms with Crippen LogP contribution in [-0.2, 0) is 4.74 Å². The molecule has 2 aromatic carbocycles. The first-order valence-corrected chi connectivity index (χ1v) is 10.4. The molecule has 0 unspecified atom stereocenters. The topological polar surface area (TPSA) is 144 Å². The van der Waals surface area contributed by atoms with Gasteiger partial charge in [-0.3, -0.25) is 14.9 Å². The van der Waals surface area contributed by atoms with E-state index in [2.05, 4.69) is 10.4 Å². The molecule has 0 spiro atoms. The number of hydrogen-bond acceptors (Lipinski definition) is 9. The van der Waals surface area contributed by atoms with Gasteiger partial charge in [-0.25, -0.2) is 9.48 Å². The van der Waals surface area contributed by atoms with E-state index in [0.717, 1.165) is 0 Å². The number of ether oxygens (including phenoxy) is 4. The van der Waals surface area contributed by atoms with Crippen LogP contribution in [0.15, 0.2) is 36.5 Å². The van der Waals surface area contributed by atoms with Gasteiger partial charge in [-0.1, -0.05) is 6.07 Å². The van der Waals surface area contributed by atoms with E-state index >= 15 is 0 Å². The Labute approximate surface area is 200 Å². The number of rotatable bonds is 9. The Morgan fingerprint density at radius 2 is 1.80 bits per heavy atom. The maximum Gasteiger partial charge on any atom is 0.341 e. The Morgan fingerprint density at radius 1 is 1.09 bits per heavy atom. The molecule has 0 saturated heterocycles. The van der Waals surface area contributed by atoms with Gasteiger partial charge in [0.25, 0.3) is 5.91 Å². The molecule has 12 heteroatoms. The van der Waals surface area contributed by atoms with Crippen molar-refractivity contribution in [1.82, 2.24) is 9.78 Å². The third-order valence-corrected chi connectivity index (χ3v) is 5.08. The van der Waals surface area contributed by atoms with E-state index in [1.807, 2.05) is 0 Å². The zero-order valence-electron chi connectivity index (χ0n) is 19.8. The first-order valence-electron chi connectivity index (χ1n) is 10.4. The van der Waals surface area contributed by atoms with Crippen LogP contribution < -0.4 is 19.5 Å². The predicted molar refractivity (Wildman–Crippen MR) is 125 cm³/mol. The van der Waals surface area contributed by atoms with Crippen molar-refractivity contribution in [3.63, 3.8) is 0 Å². The lowest BCUT2D eigenvalue weighted by atomic mass is 10.1. The van der Waals surface area contributed by atoms with Crippen molar-refractivity contribution in [3.8, 4) is 22.9 Å². The Kier molecular flexibility index (Phi) is 7.54. The summed E-state index contributed by atoms with van der Waals surface area (Å²) in [6.07, 6.45) is 1.40. The summed E-state index contributed by atoms with van der Waals surface area (Å²) >= 11 is 0. The number of carbonyl (C=O) groups excluding carboxylic acids is 2. The fourth-order valence-electron chi connectivity index (χ4n) is 3.49. The molecule has 35 heavy (non-hydrogen) atoms. The minimum absolute atomic E-state index is 0.00758. The van der Waals surface area contributed by atoms with Crippen LogP contribution >= 0.6 is 0 Å². The number of hydrogen-bond donors (Lipinski definition) is 1. The molecule has 1 heterocycles. The van der Waals surface area contributed by atoms with Crippen molar-refractivity contribution in [3.05, 3.63) is 63.5 Å². The fourth-order valence-corrected chi connectivity index (χ4v) is 3.49. The van der Waals surface area contributed by atoms with Gasteiger partial charge in [-0.15, -0.1) is 0 Å². The number of benzene rings is 2. The second-order valence-corrected chi connectivity index (χ2v) is 7.08. The van der Waals surface area contributed by atoms with Crippen molar-refractivity contribution in [2.75, 3.05) is 33.3 Å². The van der Waals surface area contributed by atoms with Crippen LogP contribution in [0.2, 0.25) is 0 Å². The average molecular weight is 484 g/mol. The number of nitro groups is 1. The number of carbonyl (C=O) groups is 2. The zero-order chi connectivity index (χ0) is 25.7. The van der Waals surface area contributed by atoms with Crippen molar-refractivity contribution in [1.29, 1.82) is 0 Å². The number of nitrogens with one attached hydrogen (secondary N) is 1. The summed E-state index contributed by atoms with van der Waals surface area (Å²) in [5.74, 6) is -1.42. The number of nitro benzene ring substituents is 1. The van der Waals surface area contributed by atoms with Gasteiger partial charge in [0.15, 0.2) is 5.75 Å². The Hall–Kier alpha value is -4.61. The number of methoxy groups -OCH3 is 3. The molecule has 0 aliphatic heterocycles. The molecule has 184 valence electrons. The molecule has 1 amide bonds. The molecule has 1 aromatic heterocycles. The van der Waals surface area contributed by atoms with E-state index in [1.165, 1.54) is 38.3 Å². The monoisotopic (exact) mass is 484 g/mol. The molecule has 0 aliphatic carbocycles. The van der Waals surface area contributed by atoms with E-state index in [9.17, 15) is 19.7 Å². The Morgan fingerprint density at radius 3 is 2.40 bits per heavy atom. The summed E-state index contributed by atoms with van der Waals surface area (Å²) in [5, 5.41) is 18.7. The summed E-state index contributed by atoms with van der Waals surface area (Å²) in [7, 11) is 3.87. The summed E-state index contributed by atoms with van der Waals surface area (Å²) in [6, 6.07) is 7.82. The maximum absolute atomic E-state index is 13.1. The van der Waals surface area contributed by atoms with Crippen LogP contribution in [-0.4, -0.2) is 54.5 Å². The van der Waals surface area contributed by atoms with Gasteiger partial charge < -0.3 is 24.3 Å². The number of amides is 1.